The minimum Gasteiger partial charge on any atom is -0.239 e. The van der Waals surface area contributed by atoms with Gasteiger partial charge in [0.25, 0.3) is 0 Å². The van der Waals surface area contributed by atoms with Crippen LogP contribution in [0.2, 0.25) is 0 Å². The summed E-state index contributed by atoms with van der Waals surface area (Å²) in [6.07, 6.45) is 1.54. The van der Waals surface area contributed by atoms with E-state index in [-0.39, 0.29) is 0 Å². The predicted molar refractivity (Wildman–Crippen MR) is 63.1 cm³/mol. The van der Waals surface area contributed by atoms with Crippen molar-refractivity contribution in [2.75, 3.05) is 0 Å². The number of aliphatic imine (C=N–C) groups is 1. The lowest BCUT2D eigenvalue weighted by Gasteiger charge is -2.03. The molecule has 0 bridgehead atoms. The Bertz CT molecular complexity index is 585. The number of nitrogens with zero attached hydrogens (tertiary/aromatic N) is 4. The molecule has 0 N–H and O–H groups in total. The minimum absolute atomic E-state index is 0.477. The Morgan fingerprint density at radius 2 is 2.25 bits per heavy atom. The van der Waals surface area contributed by atoms with Crippen LogP contribution in [0, 0.1) is 6.92 Å². The zero-order chi connectivity index (χ0) is 11.1. The molecule has 0 spiro atoms. The third-order valence-corrected chi connectivity index (χ3v) is 2.73. The van der Waals surface area contributed by atoms with Gasteiger partial charge in [0.2, 0.25) is 0 Å². The highest BCUT2D eigenvalue weighted by atomic mass is 35.5. The van der Waals surface area contributed by atoms with Crippen LogP contribution in [0.3, 0.4) is 0 Å². The van der Waals surface area contributed by atoms with Crippen LogP contribution in [0.25, 0.3) is 11.4 Å². The molecular weight excluding hydrogens is 224 g/mol. The third kappa shape index (κ3) is 1.42. The van der Waals surface area contributed by atoms with Crippen LogP contribution < -0.4 is 0 Å². The number of aryl methyl sites for hydroxylation is 1. The Morgan fingerprint density at radius 3 is 3.12 bits per heavy atom. The molecule has 2 heterocycles. The van der Waals surface area contributed by atoms with Gasteiger partial charge in [-0.3, -0.25) is 0 Å². The van der Waals surface area contributed by atoms with Crippen LogP contribution in [0.5, 0.6) is 0 Å². The number of rotatable bonds is 0. The standard InChI is InChI=1S/C11H9ClN4/c1-7-2-3-9-8(4-7)11-13-6-14-16(11)5-10(12)15-9/h2-4,6H,5H2,1H3. The lowest BCUT2D eigenvalue weighted by Crippen LogP contribution is -2.05. The predicted octanol–water partition coefficient (Wildman–Crippen LogP) is 2.54. The van der Waals surface area contributed by atoms with E-state index in [1.807, 2.05) is 19.1 Å². The van der Waals surface area contributed by atoms with Crippen molar-refractivity contribution in [2.24, 2.45) is 4.99 Å². The largest absolute Gasteiger partial charge is 0.239 e. The molecular formula is C11H9ClN4. The Balaban J connectivity index is 2.34. The van der Waals surface area contributed by atoms with Gasteiger partial charge in [0, 0.05) is 5.56 Å². The zero-order valence-electron chi connectivity index (χ0n) is 8.68. The molecule has 0 radical (unpaired) electrons. The van der Waals surface area contributed by atoms with E-state index in [1.54, 1.807) is 4.68 Å². The van der Waals surface area contributed by atoms with Gasteiger partial charge in [-0.1, -0.05) is 23.2 Å². The summed E-state index contributed by atoms with van der Waals surface area (Å²) < 4.78 is 1.76. The van der Waals surface area contributed by atoms with E-state index in [2.05, 4.69) is 21.1 Å². The Hall–Kier alpha value is -1.68. The van der Waals surface area contributed by atoms with Crippen LogP contribution in [0.1, 0.15) is 5.56 Å². The SMILES string of the molecule is Cc1ccc2c(c1)-c1ncnn1CC(Cl)=N2. The summed E-state index contributed by atoms with van der Waals surface area (Å²) >= 11 is 6.03. The number of benzene rings is 1. The maximum absolute atomic E-state index is 6.03. The molecule has 0 unspecified atom stereocenters. The quantitative estimate of drug-likeness (QED) is 0.701. The summed E-state index contributed by atoms with van der Waals surface area (Å²) in [5.41, 5.74) is 3.00. The van der Waals surface area contributed by atoms with E-state index in [4.69, 9.17) is 11.6 Å². The van der Waals surface area contributed by atoms with Crippen LogP contribution in [-0.2, 0) is 6.54 Å². The second kappa shape index (κ2) is 3.42. The smallest absolute Gasteiger partial charge is 0.160 e. The van der Waals surface area contributed by atoms with Gasteiger partial charge in [0.05, 0.1) is 12.2 Å². The highest BCUT2D eigenvalue weighted by molar-refractivity contribution is 6.65. The molecule has 0 saturated heterocycles. The number of hydrogen-bond acceptors (Lipinski definition) is 3. The highest BCUT2D eigenvalue weighted by Gasteiger charge is 2.16. The molecule has 0 amide bonds. The van der Waals surface area contributed by atoms with E-state index < -0.39 is 0 Å². The fourth-order valence-electron chi connectivity index (χ4n) is 1.80. The van der Waals surface area contributed by atoms with E-state index in [9.17, 15) is 0 Å². The number of halogens is 1. The van der Waals surface area contributed by atoms with E-state index in [0.717, 1.165) is 17.1 Å². The van der Waals surface area contributed by atoms with Crippen molar-refractivity contribution in [3.63, 3.8) is 0 Å². The Kier molecular flexibility index (Phi) is 2.04. The lowest BCUT2D eigenvalue weighted by molar-refractivity contribution is 0.738. The van der Waals surface area contributed by atoms with Crippen LogP contribution >= 0.6 is 11.6 Å². The van der Waals surface area contributed by atoms with Crippen molar-refractivity contribution >= 4 is 22.5 Å². The molecule has 16 heavy (non-hydrogen) atoms. The van der Waals surface area contributed by atoms with Crippen molar-refractivity contribution in [3.05, 3.63) is 30.1 Å². The number of fused-ring (bicyclic) bond motifs is 3. The fourth-order valence-corrected chi connectivity index (χ4v) is 2.01. The first kappa shape index (κ1) is 9.54. The summed E-state index contributed by atoms with van der Waals surface area (Å²) in [5.74, 6) is 0.818. The molecule has 5 heteroatoms. The molecule has 0 fully saturated rings. The molecule has 2 aromatic rings. The van der Waals surface area contributed by atoms with Crippen molar-refractivity contribution in [1.29, 1.82) is 0 Å². The molecule has 80 valence electrons. The van der Waals surface area contributed by atoms with Gasteiger partial charge in [-0.15, -0.1) is 0 Å². The third-order valence-electron chi connectivity index (χ3n) is 2.53. The van der Waals surface area contributed by atoms with Crippen LogP contribution in [0.4, 0.5) is 5.69 Å². The molecule has 1 aliphatic rings. The summed E-state index contributed by atoms with van der Waals surface area (Å²) in [6, 6.07) is 6.02. The summed E-state index contributed by atoms with van der Waals surface area (Å²) in [4.78, 5) is 8.60. The van der Waals surface area contributed by atoms with Gasteiger partial charge in [0.1, 0.15) is 11.5 Å². The molecule has 0 aliphatic carbocycles. The molecule has 0 saturated carbocycles. The van der Waals surface area contributed by atoms with Gasteiger partial charge >= 0.3 is 0 Å². The first-order valence-electron chi connectivity index (χ1n) is 4.96. The van der Waals surface area contributed by atoms with Crippen LogP contribution in [-0.4, -0.2) is 19.9 Å². The second-order valence-corrected chi connectivity index (χ2v) is 4.19. The summed E-state index contributed by atoms with van der Waals surface area (Å²) in [7, 11) is 0. The number of aromatic nitrogens is 3. The average molecular weight is 233 g/mol. The van der Waals surface area contributed by atoms with Crippen molar-refractivity contribution < 1.29 is 0 Å². The van der Waals surface area contributed by atoms with E-state index >= 15 is 0 Å². The van der Waals surface area contributed by atoms with Gasteiger partial charge in [-0.05, 0) is 19.1 Å². The summed E-state index contributed by atoms with van der Waals surface area (Å²) in [5, 5.41) is 4.66. The molecule has 1 aromatic heterocycles. The second-order valence-electron chi connectivity index (χ2n) is 3.75. The van der Waals surface area contributed by atoms with E-state index in [1.165, 1.54) is 11.9 Å². The minimum atomic E-state index is 0.477. The molecule has 3 rings (SSSR count). The maximum atomic E-state index is 6.03. The maximum Gasteiger partial charge on any atom is 0.160 e. The fraction of sp³-hybridized carbons (Fsp3) is 0.182. The first-order valence-corrected chi connectivity index (χ1v) is 5.34. The van der Waals surface area contributed by atoms with Crippen molar-refractivity contribution in [3.8, 4) is 11.4 Å². The van der Waals surface area contributed by atoms with Gasteiger partial charge < -0.3 is 0 Å². The molecule has 1 aliphatic heterocycles. The number of hydrogen-bond donors (Lipinski definition) is 0. The van der Waals surface area contributed by atoms with Crippen molar-refractivity contribution in [2.45, 2.75) is 13.5 Å². The molecule has 1 aromatic carbocycles. The van der Waals surface area contributed by atoms with Crippen LogP contribution in [0.15, 0.2) is 29.5 Å². The Labute approximate surface area is 97.6 Å². The van der Waals surface area contributed by atoms with Gasteiger partial charge in [-0.2, -0.15) is 5.10 Å². The Morgan fingerprint density at radius 1 is 1.38 bits per heavy atom. The lowest BCUT2D eigenvalue weighted by atomic mass is 10.1. The van der Waals surface area contributed by atoms with Gasteiger partial charge in [-0.25, -0.2) is 14.7 Å². The first-order chi connectivity index (χ1) is 7.74. The monoisotopic (exact) mass is 232 g/mol. The molecule has 0 atom stereocenters. The topological polar surface area (TPSA) is 43.1 Å². The van der Waals surface area contributed by atoms with E-state index in [0.29, 0.717) is 11.7 Å². The summed E-state index contributed by atoms with van der Waals surface area (Å²) in [6.45, 7) is 2.52. The highest BCUT2D eigenvalue weighted by Crippen LogP contribution is 2.32. The average Bonchev–Trinajstić information content (AvgIpc) is 2.64. The zero-order valence-corrected chi connectivity index (χ0v) is 9.44. The van der Waals surface area contributed by atoms with Crippen molar-refractivity contribution in [1.82, 2.24) is 14.8 Å². The normalized spacial score (nSPS) is 13.8. The molecule has 4 nitrogen and oxygen atoms in total. The van der Waals surface area contributed by atoms with Gasteiger partial charge in [0.15, 0.2) is 5.82 Å².